The molecule has 2 N–H and O–H groups in total. The lowest BCUT2D eigenvalue weighted by atomic mass is 10.1. The van der Waals surface area contributed by atoms with Gasteiger partial charge in [-0.1, -0.05) is 12.1 Å². The summed E-state index contributed by atoms with van der Waals surface area (Å²) < 4.78 is 10.5. The van der Waals surface area contributed by atoms with Crippen molar-refractivity contribution in [1.82, 2.24) is 0 Å². The van der Waals surface area contributed by atoms with Crippen molar-refractivity contribution in [3.8, 4) is 5.75 Å². The third-order valence-corrected chi connectivity index (χ3v) is 2.26. The number of nitrogens with two attached hydrogens (primary N) is 1. The van der Waals surface area contributed by atoms with Gasteiger partial charge in [0.1, 0.15) is 5.75 Å². The molecule has 0 fully saturated rings. The normalized spacial score (nSPS) is 10.3. The average Bonchev–Trinajstić information content (AvgIpc) is 2.25. The van der Waals surface area contributed by atoms with Gasteiger partial charge in [-0.3, -0.25) is 0 Å². The molecule has 0 unspecified atom stereocenters. The fourth-order valence-corrected chi connectivity index (χ4v) is 1.47. The lowest BCUT2D eigenvalue weighted by Crippen LogP contribution is -2.10. The zero-order valence-corrected chi connectivity index (χ0v) is 9.45. The summed E-state index contributed by atoms with van der Waals surface area (Å²) in [6.45, 7) is 3.99. The van der Waals surface area contributed by atoms with Crippen molar-refractivity contribution in [2.45, 2.75) is 13.3 Å². The van der Waals surface area contributed by atoms with E-state index in [9.17, 15) is 0 Å². The number of hydrogen-bond donors (Lipinski definition) is 1. The van der Waals surface area contributed by atoms with Gasteiger partial charge in [0, 0.05) is 6.54 Å². The lowest BCUT2D eigenvalue weighted by Gasteiger charge is -2.07. The highest BCUT2D eigenvalue weighted by molar-refractivity contribution is 5.36. The molecule has 0 saturated carbocycles. The topological polar surface area (TPSA) is 44.5 Å². The van der Waals surface area contributed by atoms with Crippen LogP contribution in [0.3, 0.4) is 0 Å². The number of ether oxygens (including phenoxy) is 2. The van der Waals surface area contributed by atoms with E-state index < -0.39 is 0 Å². The molecule has 0 bridgehead atoms. The highest BCUT2D eigenvalue weighted by atomic mass is 16.5. The van der Waals surface area contributed by atoms with E-state index in [-0.39, 0.29) is 0 Å². The van der Waals surface area contributed by atoms with E-state index in [0.717, 1.165) is 24.3 Å². The largest absolute Gasteiger partial charge is 0.496 e. The van der Waals surface area contributed by atoms with Gasteiger partial charge in [-0.25, -0.2) is 0 Å². The van der Waals surface area contributed by atoms with Crippen molar-refractivity contribution >= 4 is 0 Å². The summed E-state index contributed by atoms with van der Waals surface area (Å²) in [5.74, 6) is 0.932. The van der Waals surface area contributed by atoms with E-state index in [1.165, 1.54) is 5.56 Å². The Morgan fingerprint density at radius 1 is 1.27 bits per heavy atom. The Balaban J connectivity index is 2.45. The maximum Gasteiger partial charge on any atom is 0.121 e. The predicted molar refractivity (Wildman–Crippen MR) is 61.3 cm³/mol. The molecule has 0 aromatic heterocycles. The zero-order valence-electron chi connectivity index (χ0n) is 9.45. The number of benzene rings is 1. The standard InChI is InChI=1S/C12H19NO2/c1-10-9-11(3-4-12(10)14-2)5-7-15-8-6-13/h3-4,9H,5-8,13H2,1-2H3. The van der Waals surface area contributed by atoms with Crippen molar-refractivity contribution in [3.05, 3.63) is 29.3 Å². The minimum Gasteiger partial charge on any atom is -0.496 e. The van der Waals surface area contributed by atoms with Gasteiger partial charge in [0.15, 0.2) is 0 Å². The quantitative estimate of drug-likeness (QED) is 0.722. The van der Waals surface area contributed by atoms with E-state index in [2.05, 4.69) is 12.1 Å². The fourth-order valence-electron chi connectivity index (χ4n) is 1.47. The molecule has 1 aromatic carbocycles. The molecule has 0 atom stereocenters. The van der Waals surface area contributed by atoms with Crippen LogP contribution in [0.15, 0.2) is 18.2 Å². The molecule has 3 heteroatoms. The van der Waals surface area contributed by atoms with Crippen LogP contribution in [-0.2, 0) is 11.2 Å². The molecule has 0 radical (unpaired) electrons. The Hall–Kier alpha value is -1.06. The molecule has 1 aromatic rings. The Labute approximate surface area is 91.2 Å². The molecule has 3 nitrogen and oxygen atoms in total. The second-order valence-corrected chi connectivity index (χ2v) is 3.46. The number of aryl methyl sites for hydroxylation is 1. The van der Waals surface area contributed by atoms with E-state index in [4.69, 9.17) is 15.2 Å². The second kappa shape index (κ2) is 6.43. The molecule has 0 amide bonds. The van der Waals surface area contributed by atoms with Crippen LogP contribution in [0, 0.1) is 6.92 Å². The van der Waals surface area contributed by atoms with Crippen LogP contribution in [0.1, 0.15) is 11.1 Å². The first-order chi connectivity index (χ1) is 7.27. The molecule has 15 heavy (non-hydrogen) atoms. The smallest absolute Gasteiger partial charge is 0.121 e. The Kier molecular flexibility index (Phi) is 5.15. The van der Waals surface area contributed by atoms with Gasteiger partial charge < -0.3 is 15.2 Å². The van der Waals surface area contributed by atoms with Crippen molar-refractivity contribution in [2.75, 3.05) is 26.9 Å². The summed E-state index contributed by atoms with van der Waals surface area (Å²) in [5.41, 5.74) is 7.76. The molecule has 0 aliphatic heterocycles. The molecule has 1 rings (SSSR count). The van der Waals surface area contributed by atoms with E-state index in [1.807, 2.05) is 13.0 Å². The summed E-state index contributed by atoms with van der Waals surface area (Å²) in [5, 5.41) is 0. The third kappa shape index (κ3) is 3.90. The summed E-state index contributed by atoms with van der Waals surface area (Å²) >= 11 is 0. The summed E-state index contributed by atoms with van der Waals surface area (Å²) in [7, 11) is 1.69. The van der Waals surface area contributed by atoms with Gasteiger partial charge in [-0.15, -0.1) is 0 Å². The maximum absolute atomic E-state index is 5.33. The number of rotatable bonds is 6. The minimum absolute atomic E-state index is 0.585. The van der Waals surface area contributed by atoms with Crippen LogP contribution in [-0.4, -0.2) is 26.9 Å². The van der Waals surface area contributed by atoms with Crippen molar-refractivity contribution < 1.29 is 9.47 Å². The van der Waals surface area contributed by atoms with Crippen molar-refractivity contribution in [1.29, 1.82) is 0 Å². The fraction of sp³-hybridized carbons (Fsp3) is 0.500. The molecular formula is C12H19NO2. The monoisotopic (exact) mass is 209 g/mol. The van der Waals surface area contributed by atoms with Gasteiger partial charge >= 0.3 is 0 Å². The van der Waals surface area contributed by atoms with Crippen LogP contribution in [0.2, 0.25) is 0 Å². The SMILES string of the molecule is COc1ccc(CCOCCN)cc1C. The minimum atomic E-state index is 0.585. The predicted octanol–water partition coefficient (Wildman–Crippen LogP) is 1.52. The lowest BCUT2D eigenvalue weighted by molar-refractivity contribution is 0.144. The van der Waals surface area contributed by atoms with Gasteiger partial charge in [0.2, 0.25) is 0 Å². The van der Waals surface area contributed by atoms with Crippen molar-refractivity contribution in [2.24, 2.45) is 5.73 Å². The van der Waals surface area contributed by atoms with E-state index in [1.54, 1.807) is 7.11 Å². The Bertz CT molecular complexity index is 300. The van der Waals surface area contributed by atoms with Crippen LogP contribution < -0.4 is 10.5 Å². The van der Waals surface area contributed by atoms with Crippen LogP contribution in [0.5, 0.6) is 5.75 Å². The second-order valence-electron chi connectivity index (χ2n) is 3.46. The van der Waals surface area contributed by atoms with Crippen LogP contribution in [0.25, 0.3) is 0 Å². The molecular weight excluding hydrogens is 190 g/mol. The molecule has 0 heterocycles. The summed E-state index contributed by atoms with van der Waals surface area (Å²) in [4.78, 5) is 0. The Morgan fingerprint density at radius 3 is 2.67 bits per heavy atom. The maximum atomic E-state index is 5.33. The highest BCUT2D eigenvalue weighted by Gasteiger charge is 1.99. The van der Waals surface area contributed by atoms with Crippen LogP contribution >= 0.6 is 0 Å². The first-order valence-electron chi connectivity index (χ1n) is 5.19. The van der Waals surface area contributed by atoms with Gasteiger partial charge in [0.05, 0.1) is 20.3 Å². The first kappa shape index (κ1) is 12.0. The number of methoxy groups -OCH3 is 1. The Morgan fingerprint density at radius 2 is 2.07 bits per heavy atom. The number of hydrogen-bond acceptors (Lipinski definition) is 3. The molecule has 0 saturated heterocycles. The zero-order chi connectivity index (χ0) is 11.1. The van der Waals surface area contributed by atoms with Crippen molar-refractivity contribution in [3.63, 3.8) is 0 Å². The highest BCUT2D eigenvalue weighted by Crippen LogP contribution is 2.18. The van der Waals surface area contributed by atoms with E-state index >= 15 is 0 Å². The van der Waals surface area contributed by atoms with Gasteiger partial charge in [-0.2, -0.15) is 0 Å². The molecule has 84 valence electrons. The van der Waals surface area contributed by atoms with Gasteiger partial charge in [0.25, 0.3) is 0 Å². The molecule has 0 spiro atoms. The molecule has 0 aliphatic rings. The average molecular weight is 209 g/mol. The van der Waals surface area contributed by atoms with E-state index in [0.29, 0.717) is 13.2 Å². The van der Waals surface area contributed by atoms with Gasteiger partial charge in [-0.05, 0) is 30.5 Å². The molecule has 0 aliphatic carbocycles. The third-order valence-electron chi connectivity index (χ3n) is 2.26. The summed E-state index contributed by atoms with van der Waals surface area (Å²) in [6.07, 6.45) is 0.921. The first-order valence-corrected chi connectivity index (χ1v) is 5.19. The summed E-state index contributed by atoms with van der Waals surface area (Å²) in [6, 6.07) is 6.19. The van der Waals surface area contributed by atoms with Crippen LogP contribution in [0.4, 0.5) is 0 Å².